The lowest BCUT2D eigenvalue weighted by Gasteiger charge is -2.24. The standard InChI is InChI=1S/C52H64O12/c1-33(53)47(34(2)54)27-37-23-43-29-39-11-9-13-41(49(39)61-19-15-57-5)31-45-25-38(28-48(35(3)55)36(4)56)26-46(52(45)64-22-18-60-8)32-42-14-10-12-40(50(42)62-20-16-58-6)30-44(24-37)51(43)63-21-17-59-7/h9-14,23-26,53,55H,15-22,27-32H2,1-8H3/b47-33+,48-35?. The van der Waals surface area contributed by atoms with Crippen LogP contribution in [0.2, 0.25) is 0 Å². The van der Waals surface area contributed by atoms with Crippen LogP contribution in [0.15, 0.2) is 83.3 Å². The van der Waals surface area contributed by atoms with Gasteiger partial charge < -0.3 is 48.1 Å². The van der Waals surface area contributed by atoms with Gasteiger partial charge in [0, 0.05) is 78.1 Å². The molecule has 2 N–H and O–H groups in total. The topological polar surface area (TPSA) is 148 Å². The number of rotatable bonds is 22. The Morgan fingerprint density at radius 1 is 0.422 bits per heavy atom. The van der Waals surface area contributed by atoms with Gasteiger partial charge in [0.15, 0.2) is 11.6 Å². The minimum absolute atomic E-state index is 0.0227. The van der Waals surface area contributed by atoms with Crippen LogP contribution < -0.4 is 18.9 Å². The van der Waals surface area contributed by atoms with Crippen molar-refractivity contribution in [3.05, 3.63) is 139 Å². The summed E-state index contributed by atoms with van der Waals surface area (Å²) in [6, 6.07) is 20.3. The van der Waals surface area contributed by atoms with E-state index in [2.05, 4.69) is 0 Å². The van der Waals surface area contributed by atoms with Crippen molar-refractivity contribution < 1.29 is 57.7 Å². The maximum absolute atomic E-state index is 12.8. The number of para-hydroxylation sites is 2. The van der Waals surface area contributed by atoms with Crippen molar-refractivity contribution in [3.8, 4) is 23.0 Å². The Labute approximate surface area is 377 Å². The molecular formula is C52H64O12. The Balaban J connectivity index is 1.88. The first kappa shape index (κ1) is 49.4. The highest BCUT2D eigenvalue weighted by Crippen LogP contribution is 2.40. The van der Waals surface area contributed by atoms with Gasteiger partial charge in [-0.1, -0.05) is 60.7 Å². The zero-order chi connectivity index (χ0) is 46.2. The van der Waals surface area contributed by atoms with Crippen LogP contribution in [0.25, 0.3) is 0 Å². The number of aliphatic hydroxyl groups is 2. The number of carbonyl (C=O) groups excluding carboxylic acids is 2. The summed E-state index contributed by atoms with van der Waals surface area (Å²) in [6.07, 6.45) is 1.97. The summed E-state index contributed by atoms with van der Waals surface area (Å²) in [4.78, 5) is 25.7. The number of benzene rings is 4. The van der Waals surface area contributed by atoms with E-state index in [1.165, 1.54) is 27.7 Å². The van der Waals surface area contributed by atoms with E-state index in [1.54, 1.807) is 28.4 Å². The van der Waals surface area contributed by atoms with Gasteiger partial charge in [0.05, 0.1) is 37.9 Å². The normalized spacial score (nSPS) is 13.1. The van der Waals surface area contributed by atoms with Crippen LogP contribution in [0, 0.1) is 0 Å². The van der Waals surface area contributed by atoms with Crippen LogP contribution in [0.3, 0.4) is 0 Å². The number of carbonyl (C=O) groups is 2. The molecule has 12 heteroatoms. The molecule has 4 aromatic rings. The molecule has 12 nitrogen and oxygen atoms in total. The molecule has 4 aromatic carbocycles. The molecule has 0 amide bonds. The second-order valence-electron chi connectivity index (χ2n) is 16.0. The third kappa shape index (κ3) is 13.2. The summed E-state index contributed by atoms with van der Waals surface area (Å²) >= 11 is 0. The molecule has 1 aliphatic rings. The van der Waals surface area contributed by atoms with Crippen molar-refractivity contribution in [3.63, 3.8) is 0 Å². The molecule has 0 saturated heterocycles. The van der Waals surface area contributed by atoms with Gasteiger partial charge in [0.1, 0.15) is 49.4 Å². The predicted molar refractivity (Wildman–Crippen MR) is 246 cm³/mol. The first-order valence-electron chi connectivity index (χ1n) is 21.7. The van der Waals surface area contributed by atoms with Gasteiger partial charge in [-0.15, -0.1) is 0 Å². The highest BCUT2D eigenvalue weighted by Gasteiger charge is 2.25. The largest absolute Gasteiger partial charge is 0.512 e. The van der Waals surface area contributed by atoms with Crippen LogP contribution >= 0.6 is 0 Å². The van der Waals surface area contributed by atoms with Crippen molar-refractivity contribution in [2.75, 3.05) is 81.3 Å². The zero-order valence-electron chi connectivity index (χ0n) is 38.6. The zero-order valence-corrected chi connectivity index (χ0v) is 38.6. The number of Topliss-reactive ketones (excluding diaryl/α,β-unsaturated/α-hetero) is 2. The van der Waals surface area contributed by atoms with E-state index >= 15 is 0 Å². The van der Waals surface area contributed by atoms with E-state index in [0.29, 0.717) is 86.3 Å². The summed E-state index contributed by atoms with van der Waals surface area (Å²) in [6.45, 7) is 8.60. The highest BCUT2D eigenvalue weighted by atomic mass is 16.5. The molecule has 0 saturated carbocycles. The van der Waals surface area contributed by atoms with Crippen LogP contribution in [0.5, 0.6) is 23.0 Å². The van der Waals surface area contributed by atoms with Gasteiger partial charge in [0.25, 0.3) is 0 Å². The van der Waals surface area contributed by atoms with Crippen molar-refractivity contribution in [1.29, 1.82) is 0 Å². The number of ether oxygens (including phenoxy) is 8. The molecule has 0 aliphatic heterocycles. The number of fused-ring (bicyclic) bond motifs is 8. The van der Waals surface area contributed by atoms with Gasteiger partial charge in [-0.2, -0.15) is 0 Å². The fourth-order valence-corrected chi connectivity index (χ4v) is 8.11. The number of hydrogen-bond acceptors (Lipinski definition) is 12. The molecule has 0 fully saturated rings. The highest BCUT2D eigenvalue weighted by molar-refractivity contribution is 5.94. The average Bonchev–Trinajstić information content (AvgIpc) is 3.24. The van der Waals surface area contributed by atoms with E-state index in [1.807, 2.05) is 60.7 Å². The fraction of sp³-hybridized carbons (Fsp3) is 0.423. The van der Waals surface area contributed by atoms with Gasteiger partial charge in [-0.3, -0.25) is 9.59 Å². The molecule has 0 spiro atoms. The third-order valence-corrected chi connectivity index (χ3v) is 11.1. The molecule has 64 heavy (non-hydrogen) atoms. The molecule has 0 unspecified atom stereocenters. The van der Waals surface area contributed by atoms with Gasteiger partial charge >= 0.3 is 0 Å². The van der Waals surface area contributed by atoms with Gasteiger partial charge in [0.2, 0.25) is 0 Å². The first-order chi connectivity index (χ1) is 30.9. The molecule has 8 bridgehead atoms. The Hall–Kier alpha value is -5.66. The molecule has 0 radical (unpaired) electrons. The second kappa shape index (κ2) is 24.4. The summed E-state index contributed by atoms with van der Waals surface area (Å²) in [7, 11) is 6.53. The predicted octanol–water partition coefficient (Wildman–Crippen LogP) is 8.39. The summed E-state index contributed by atoms with van der Waals surface area (Å²) in [5, 5.41) is 21.3. The number of ketones is 2. The lowest BCUT2D eigenvalue weighted by molar-refractivity contribution is -0.114. The molecule has 0 aromatic heterocycles. The van der Waals surface area contributed by atoms with Gasteiger partial charge in [-0.25, -0.2) is 0 Å². The van der Waals surface area contributed by atoms with E-state index < -0.39 is 0 Å². The van der Waals surface area contributed by atoms with Crippen molar-refractivity contribution in [2.24, 2.45) is 0 Å². The molecule has 0 atom stereocenters. The number of allylic oxidation sites excluding steroid dienone is 4. The lowest BCUT2D eigenvalue weighted by Crippen LogP contribution is -2.14. The molecular weight excluding hydrogens is 817 g/mol. The summed E-state index contributed by atoms with van der Waals surface area (Å²) in [5.74, 6) is 2.26. The second-order valence-corrected chi connectivity index (χ2v) is 16.0. The van der Waals surface area contributed by atoms with Crippen LogP contribution in [0.4, 0.5) is 0 Å². The van der Waals surface area contributed by atoms with Crippen molar-refractivity contribution >= 4 is 11.6 Å². The molecule has 5 rings (SSSR count). The Morgan fingerprint density at radius 2 is 0.672 bits per heavy atom. The Kier molecular flexibility index (Phi) is 18.8. The molecule has 344 valence electrons. The van der Waals surface area contributed by atoms with Crippen LogP contribution in [-0.2, 0) is 67.1 Å². The average molecular weight is 881 g/mol. The van der Waals surface area contributed by atoms with Gasteiger partial charge in [-0.05, 0) is 83.3 Å². The number of methoxy groups -OCH3 is 4. The first-order valence-corrected chi connectivity index (χ1v) is 21.7. The van der Waals surface area contributed by atoms with E-state index in [0.717, 1.165) is 55.6 Å². The maximum atomic E-state index is 12.8. The Bertz CT molecular complexity index is 2050. The lowest BCUT2D eigenvalue weighted by atomic mass is 9.88. The molecule has 1 aliphatic carbocycles. The monoisotopic (exact) mass is 880 g/mol. The van der Waals surface area contributed by atoms with E-state index in [4.69, 9.17) is 37.9 Å². The summed E-state index contributed by atoms with van der Waals surface area (Å²) in [5.41, 5.74) is 9.31. The van der Waals surface area contributed by atoms with Crippen LogP contribution in [0.1, 0.15) is 83.3 Å². The van der Waals surface area contributed by atoms with E-state index in [-0.39, 0.29) is 62.4 Å². The smallest absolute Gasteiger partial charge is 0.159 e. The summed E-state index contributed by atoms with van der Waals surface area (Å²) < 4.78 is 48.4. The quantitative estimate of drug-likeness (QED) is 0.0391. The Morgan fingerprint density at radius 3 is 0.891 bits per heavy atom. The number of aliphatic hydroxyl groups excluding tert-OH is 2. The van der Waals surface area contributed by atoms with Crippen LogP contribution in [-0.4, -0.2) is 103 Å². The minimum atomic E-state index is -0.210. The van der Waals surface area contributed by atoms with Crippen molar-refractivity contribution in [1.82, 2.24) is 0 Å². The minimum Gasteiger partial charge on any atom is -0.512 e. The van der Waals surface area contributed by atoms with E-state index in [9.17, 15) is 19.8 Å². The number of hydrogen-bond donors (Lipinski definition) is 2. The SMILES string of the molecule is COCCOc1c2cccc1Cc1cc(C/C(C(C)=O)=C(/C)O)cc(c1OCCOC)Cc1cccc(c1OCCOC)Cc1cc(CC(C(C)=O)=C(C)O)cc(c1OCCOC)C2. The maximum Gasteiger partial charge on any atom is 0.159 e. The third-order valence-electron chi connectivity index (χ3n) is 11.1. The van der Waals surface area contributed by atoms with Crippen molar-refractivity contribution in [2.45, 2.75) is 66.2 Å². The molecule has 0 heterocycles. The fourth-order valence-electron chi connectivity index (χ4n) is 8.11.